The van der Waals surface area contributed by atoms with Crippen molar-refractivity contribution in [2.24, 2.45) is 0 Å². The first-order valence-electron chi connectivity index (χ1n) is 7.67. The summed E-state index contributed by atoms with van der Waals surface area (Å²) in [4.78, 5) is 14.8. The van der Waals surface area contributed by atoms with Crippen LogP contribution in [-0.2, 0) is 4.74 Å². The Morgan fingerprint density at radius 1 is 1.24 bits per heavy atom. The third-order valence-corrected chi connectivity index (χ3v) is 5.22. The van der Waals surface area contributed by atoms with Gasteiger partial charge in [0.2, 0.25) is 0 Å². The first-order chi connectivity index (χ1) is 10.4. The number of aromatic nitrogens is 2. The van der Waals surface area contributed by atoms with E-state index in [4.69, 9.17) is 4.74 Å². The van der Waals surface area contributed by atoms with Crippen molar-refractivity contribution in [2.75, 3.05) is 44.2 Å². The molecule has 21 heavy (non-hydrogen) atoms. The van der Waals surface area contributed by atoms with Gasteiger partial charge in [0.25, 0.3) is 0 Å². The lowest BCUT2D eigenvalue weighted by Gasteiger charge is -2.36. The second-order valence-corrected chi connectivity index (χ2v) is 6.65. The van der Waals surface area contributed by atoms with Crippen LogP contribution in [0.3, 0.4) is 0 Å². The molecule has 2 aliphatic rings. The molecule has 2 aliphatic heterocycles. The number of rotatable bonds is 3. The molecule has 5 nitrogen and oxygen atoms in total. The maximum absolute atomic E-state index is 5.74. The van der Waals surface area contributed by atoms with Gasteiger partial charge in [0.15, 0.2) is 0 Å². The maximum Gasteiger partial charge on any atom is 0.140 e. The quantitative estimate of drug-likeness (QED) is 0.867. The summed E-state index contributed by atoms with van der Waals surface area (Å²) in [5, 5.41) is 3.28. The fraction of sp³-hybridized carbons (Fsp3) is 0.600. The van der Waals surface area contributed by atoms with Gasteiger partial charge in [-0.05, 0) is 24.3 Å². The Morgan fingerprint density at radius 2 is 2.14 bits per heavy atom. The molecule has 0 spiro atoms. The molecule has 6 heteroatoms. The van der Waals surface area contributed by atoms with E-state index < -0.39 is 0 Å². The second-order valence-electron chi connectivity index (χ2n) is 5.76. The normalized spacial score (nSPS) is 24.0. The topological polar surface area (TPSA) is 41.5 Å². The molecule has 0 aromatic carbocycles. The third kappa shape index (κ3) is 2.75. The van der Waals surface area contributed by atoms with Gasteiger partial charge in [-0.15, -0.1) is 11.3 Å². The van der Waals surface area contributed by atoms with Gasteiger partial charge < -0.3 is 9.64 Å². The van der Waals surface area contributed by atoms with Crippen LogP contribution in [0.4, 0.5) is 5.82 Å². The van der Waals surface area contributed by atoms with Crippen molar-refractivity contribution in [3.05, 3.63) is 17.8 Å². The van der Waals surface area contributed by atoms with Crippen molar-refractivity contribution in [1.82, 2.24) is 14.9 Å². The standard InChI is InChI=1S/C15H20N4OS/c1-2-12(20-8-1)10-18-4-6-19(7-5-18)14-13-3-9-21-15(13)17-11-16-14/h3,9,11-12H,1-2,4-8,10H2. The molecule has 1 unspecified atom stereocenters. The Kier molecular flexibility index (Phi) is 3.75. The van der Waals surface area contributed by atoms with Crippen LogP contribution < -0.4 is 4.90 Å². The van der Waals surface area contributed by atoms with E-state index in [9.17, 15) is 0 Å². The van der Waals surface area contributed by atoms with Crippen molar-refractivity contribution >= 4 is 27.4 Å². The molecule has 2 saturated heterocycles. The largest absolute Gasteiger partial charge is 0.377 e. The Hall–Kier alpha value is -1.24. The fourth-order valence-electron chi connectivity index (χ4n) is 3.25. The summed E-state index contributed by atoms with van der Waals surface area (Å²) < 4.78 is 5.74. The molecule has 0 N–H and O–H groups in total. The van der Waals surface area contributed by atoms with Crippen LogP contribution >= 0.6 is 11.3 Å². The van der Waals surface area contributed by atoms with E-state index in [1.807, 2.05) is 0 Å². The van der Waals surface area contributed by atoms with E-state index in [0.29, 0.717) is 6.10 Å². The molecule has 2 fully saturated rings. The summed E-state index contributed by atoms with van der Waals surface area (Å²) in [6, 6.07) is 2.13. The summed E-state index contributed by atoms with van der Waals surface area (Å²) in [6.45, 7) is 6.29. The number of hydrogen-bond donors (Lipinski definition) is 0. The molecule has 0 amide bonds. The summed E-state index contributed by atoms with van der Waals surface area (Å²) in [6.07, 6.45) is 4.59. The fourth-order valence-corrected chi connectivity index (χ4v) is 3.97. The smallest absolute Gasteiger partial charge is 0.140 e. The Morgan fingerprint density at radius 3 is 2.95 bits per heavy atom. The van der Waals surface area contributed by atoms with E-state index >= 15 is 0 Å². The number of ether oxygens (including phenoxy) is 1. The highest BCUT2D eigenvalue weighted by Gasteiger charge is 2.24. The molecule has 4 rings (SSSR count). The van der Waals surface area contributed by atoms with E-state index in [1.165, 1.54) is 18.2 Å². The van der Waals surface area contributed by atoms with Crippen LogP contribution in [0.2, 0.25) is 0 Å². The Balaban J connectivity index is 1.41. The van der Waals surface area contributed by atoms with Gasteiger partial charge in [-0.1, -0.05) is 0 Å². The number of anilines is 1. The monoisotopic (exact) mass is 304 g/mol. The van der Waals surface area contributed by atoms with E-state index in [1.54, 1.807) is 17.7 Å². The minimum atomic E-state index is 0.458. The predicted octanol–water partition coefficient (Wildman–Crippen LogP) is 1.99. The first-order valence-corrected chi connectivity index (χ1v) is 8.55. The van der Waals surface area contributed by atoms with E-state index in [2.05, 4.69) is 31.2 Å². The average Bonchev–Trinajstić information content (AvgIpc) is 3.18. The number of piperazine rings is 1. The molecule has 1 atom stereocenters. The Bertz CT molecular complexity index is 602. The van der Waals surface area contributed by atoms with Gasteiger partial charge in [0.05, 0.1) is 11.5 Å². The zero-order valence-electron chi connectivity index (χ0n) is 12.1. The lowest BCUT2D eigenvalue weighted by Crippen LogP contribution is -2.48. The highest BCUT2D eigenvalue weighted by molar-refractivity contribution is 7.16. The molecule has 0 bridgehead atoms. The van der Waals surface area contributed by atoms with E-state index in [-0.39, 0.29) is 0 Å². The van der Waals surface area contributed by atoms with Crippen LogP contribution in [0.5, 0.6) is 0 Å². The lowest BCUT2D eigenvalue weighted by molar-refractivity contribution is 0.0712. The van der Waals surface area contributed by atoms with Gasteiger partial charge in [-0.25, -0.2) is 9.97 Å². The summed E-state index contributed by atoms with van der Waals surface area (Å²) in [5.41, 5.74) is 0. The number of hydrogen-bond acceptors (Lipinski definition) is 6. The van der Waals surface area contributed by atoms with Crippen LogP contribution in [0, 0.1) is 0 Å². The first kappa shape index (κ1) is 13.4. The molecule has 112 valence electrons. The molecule has 0 saturated carbocycles. The van der Waals surface area contributed by atoms with Gasteiger partial charge >= 0.3 is 0 Å². The molecule has 4 heterocycles. The predicted molar refractivity (Wildman–Crippen MR) is 85.0 cm³/mol. The zero-order valence-corrected chi connectivity index (χ0v) is 12.9. The van der Waals surface area contributed by atoms with Crippen molar-refractivity contribution in [3.63, 3.8) is 0 Å². The van der Waals surface area contributed by atoms with Crippen LogP contribution in [0.15, 0.2) is 17.8 Å². The van der Waals surface area contributed by atoms with E-state index in [0.717, 1.165) is 50.0 Å². The third-order valence-electron chi connectivity index (χ3n) is 4.40. The summed E-state index contributed by atoms with van der Waals surface area (Å²) in [5.74, 6) is 1.10. The van der Waals surface area contributed by atoms with Gasteiger partial charge in [-0.2, -0.15) is 0 Å². The van der Waals surface area contributed by atoms with Crippen molar-refractivity contribution < 1.29 is 4.74 Å². The molecular weight excluding hydrogens is 284 g/mol. The highest BCUT2D eigenvalue weighted by atomic mass is 32.1. The molecular formula is C15H20N4OS. The van der Waals surface area contributed by atoms with Gasteiger partial charge in [0, 0.05) is 39.3 Å². The minimum Gasteiger partial charge on any atom is -0.377 e. The summed E-state index contributed by atoms with van der Waals surface area (Å²) >= 11 is 1.68. The average molecular weight is 304 g/mol. The van der Waals surface area contributed by atoms with Gasteiger partial charge in [-0.3, -0.25) is 4.90 Å². The van der Waals surface area contributed by atoms with Crippen molar-refractivity contribution in [3.8, 4) is 0 Å². The summed E-state index contributed by atoms with van der Waals surface area (Å²) in [7, 11) is 0. The molecule has 0 radical (unpaired) electrons. The maximum atomic E-state index is 5.74. The number of nitrogens with zero attached hydrogens (tertiary/aromatic N) is 4. The van der Waals surface area contributed by atoms with Gasteiger partial charge in [0.1, 0.15) is 17.0 Å². The molecule has 2 aromatic heterocycles. The lowest BCUT2D eigenvalue weighted by atomic mass is 10.2. The number of fused-ring (bicyclic) bond motifs is 1. The zero-order chi connectivity index (χ0) is 14.1. The Labute approximate surface area is 128 Å². The SMILES string of the molecule is c1nc(N2CCN(CC3CCCO3)CC2)c2ccsc2n1. The second kappa shape index (κ2) is 5.87. The van der Waals surface area contributed by atoms with Crippen molar-refractivity contribution in [2.45, 2.75) is 18.9 Å². The van der Waals surface area contributed by atoms with Crippen LogP contribution in [0.1, 0.15) is 12.8 Å². The van der Waals surface area contributed by atoms with Crippen LogP contribution in [0.25, 0.3) is 10.2 Å². The van der Waals surface area contributed by atoms with Crippen LogP contribution in [-0.4, -0.2) is 60.3 Å². The molecule has 0 aliphatic carbocycles. The minimum absolute atomic E-state index is 0.458. The highest BCUT2D eigenvalue weighted by Crippen LogP contribution is 2.27. The molecule has 2 aromatic rings. The number of thiophene rings is 1. The van der Waals surface area contributed by atoms with Crippen molar-refractivity contribution in [1.29, 1.82) is 0 Å².